The normalized spacial score (nSPS) is 21.1. The molecule has 1 aromatic heterocycles. The quantitative estimate of drug-likeness (QED) is 0.457. The highest BCUT2D eigenvalue weighted by molar-refractivity contribution is 6.09. The number of fused-ring (bicyclic) bond motifs is 3. The highest BCUT2D eigenvalue weighted by Gasteiger charge is 2.65. The van der Waals surface area contributed by atoms with Crippen molar-refractivity contribution < 1.29 is 4.79 Å². The maximum atomic E-state index is 12.8. The van der Waals surface area contributed by atoms with Gasteiger partial charge in [-0.1, -0.05) is 54.6 Å². The summed E-state index contributed by atoms with van der Waals surface area (Å²) in [6, 6.07) is 23.5. The molecule has 5 nitrogen and oxygen atoms in total. The molecule has 1 saturated carbocycles. The molecule has 0 bridgehead atoms. The first-order valence-electron chi connectivity index (χ1n) is 11.6. The number of hydrogen-bond acceptors (Lipinski definition) is 3. The Morgan fingerprint density at radius 1 is 1.00 bits per heavy atom. The van der Waals surface area contributed by atoms with Crippen LogP contribution in [0.15, 0.2) is 66.7 Å². The van der Waals surface area contributed by atoms with Crippen LogP contribution in [0.5, 0.6) is 0 Å². The van der Waals surface area contributed by atoms with Crippen LogP contribution >= 0.6 is 0 Å². The van der Waals surface area contributed by atoms with Gasteiger partial charge in [-0.15, -0.1) is 0 Å². The monoisotopic (exact) mass is 436 g/mol. The van der Waals surface area contributed by atoms with Crippen molar-refractivity contribution in [2.45, 2.75) is 37.1 Å². The fourth-order valence-electron chi connectivity index (χ4n) is 5.49. The van der Waals surface area contributed by atoms with Crippen LogP contribution in [0, 0.1) is 0 Å². The number of aromatic amines is 1. The van der Waals surface area contributed by atoms with Crippen molar-refractivity contribution in [1.82, 2.24) is 15.1 Å². The first-order valence-corrected chi connectivity index (χ1v) is 11.6. The Kier molecular flexibility index (Phi) is 4.63. The largest absolute Gasteiger partial charge is 0.325 e. The molecule has 0 saturated heterocycles. The molecular weight excluding hydrogens is 408 g/mol. The molecule has 1 fully saturated rings. The van der Waals surface area contributed by atoms with Crippen LogP contribution in [0.2, 0.25) is 0 Å². The zero-order chi connectivity index (χ0) is 22.6. The van der Waals surface area contributed by atoms with Gasteiger partial charge >= 0.3 is 0 Å². The zero-order valence-electron chi connectivity index (χ0n) is 19.1. The van der Waals surface area contributed by atoms with Gasteiger partial charge < -0.3 is 10.2 Å². The van der Waals surface area contributed by atoms with Gasteiger partial charge in [0.05, 0.1) is 16.6 Å². The minimum atomic E-state index is -0.397. The van der Waals surface area contributed by atoms with Crippen LogP contribution in [0.3, 0.4) is 0 Å². The molecule has 1 amide bonds. The molecule has 1 spiro atoms. The summed E-state index contributed by atoms with van der Waals surface area (Å²) >= 11 is 0. The topological polar surface area (TPSA) is 61.0 Å². The number of hydrogen-bond donors (Lipinski definition) is 2. The summed E-state index contributed by atoms with van der Waals surface area (Å²) < 4.78 is 0. The average Bonchev–Trinajstić information content (AvgIpc) is 3.35. The van der Waals surface area contributed by atoms with E-state index in [1.807, 2.05) is 18.2 Å². The van der Waals surface area contributed by atoms with E-state index in [1.54, 1.807) is 0 Å². The summed E-state index contributed by atoms with van der Waals surface area (Å²) in [7, 11) is 4.18. The molecule has 0 unspecified atom stereocenters. The minimum Gasteiger partial charge on any atom is -0.325 e. The molecule has 1 aliphatic heterocycles. The van der Waals surface area contributed by atoms with E-state index in [0.717, 1.165) is 48.3 Å². The van der Waals surface area contributed by atoms with Crippen LogP contribution in [-0.2, 0) is 29.6 Å². The van der Waals surface area contributed by atoms with Gasteiger partial charge in [-0.05, 0) is 67.7 Å². The van der Waals surface area contributed by atoms with E-state index in [4.69, 9.17) is 0 Å². The predicted octanol–water partition coefficient (Wildman–Crippen LogP) is 4.79. The Balaban J connectivity index is 1.19. The van der Waals surface area contributed by atoms with Crippen molar-refractivity contribution in [2.75, 3.05) is 19.4 Å². The van der Waals surface area contributed by atoms with E-state index < -0.39 is 5.41 Å². The van der Waals surface area contributed by atoms with Crippen LogP contribution in [0.1, 0.15) is 40.3 Å². The van der Waals surface area contributed by atoms with E-state index in [2.05, 4.69) is 83.0 Å². The number of aryl methyl sites for hydroxylation is 2. The molecule has 2 heterocycles. The number of nitrogens with zero attached hydrogens (tertiary/aromatic N) is 2. The van der Waals surface area contributed by atoms with Crippen molar-refractivity contribution in [2.24, 2.45) is 0 Å². The van der Waals surface area contributed by atoms with E-state index in [1.165, 1.54) is 22.1 Å². The molecule has 33 heavy (non-hydrogen) atoms. The van der Waals surface area contributed by atoms with Crippen molar-refractivity contribution in [3.05, 3.63) is 94.7 Å². The van der Waals surface area contributed by atoms with E-state index in [9.17, 15) is 4.79 Å². The van der Waals surface area contributed by atoms with Gasteiger partial charge in [-0.25, -0.2) is 0 Å². The van der Waals surface area contributed by atoms with Crippen LogP contribution in [0.25, 0.3) is 10.9 Å². The van der Waals surface area contributed by atoms with E-state index in [-0.39, 0.29) is 11.8 Å². The van der Waals surface area contributed by atoms with Gasteiger partial charge in [0.25, 0.3) is 0 Å². The Morgan fingerprint density at radius 3 is 2.61 bits per heavy atom. The molecule has 2 atom stereocenters. The first kappa shape index (κ1) is 20.2. The van der Waals surface area contributed by atoms with E-state index in [0.29, 0.717) is 0 Å². The van der Waals surface area contributed by atoms with Crippen molar-refractivity contribution >= 4 is 22.5 Å². The summed E-state index contributed by atoms with van der Waals surface area (Å²) in [5.74, 6) is 0.355. The van der Waals surface area contributed by atoms with Crippen molar-refractivity contribution in [1.29, 1.82) is 0 Å². The second-order valence-electron chi connectivity index (χ2n) is 9.76. The maximum absolute atomic E-state index is 12.8. The molecule has 2 aliphatic rings. The number of carbonyl (C=O) groups is 1. The third-order valence-electron chi connectivity index (χ3n) is 7.26. The van der Waals surface area contributed by atoms with Gasteiger partial charge in [-0.3, -0.25) is 9.89 Å². The van der Waals surface area contributed by atoms with Gasteiger partial charge in [0.15, 0.2) is 0 Å². The van der Waals surface area contributed by atoms with Gasteiger partial charge in [0.2, 0.25) is 5.91 Å². The Hall–Kier alpha value is -3.44. The summed E-state index contributed by atoms with van der Waals surface area (Å²) in [6.45, 7) is 0.960. The molecule has 2 N–H and O–H groups in total. The van der Waals surface area contributed by atoms with Crippen LogP contribution < -0.4 is 5.32 Å². The van der Waals surface area contributed by atoms with Gasteiger partial charge in [0, 0.05) is 23.5 Å². The Labute approximate surface area is 193 Å². The number of carbonyl (C=O) groups excluding carboxylic acids is 1. The van der Waals surface area contributed by atoms with Crippen molar-refractivity contribution in [3.8, 4) is 0 Å². The highest BCUT2D eigenvalue weighted by atomic mass is 16.2. The lowest BCUT2D eigenvalue weighted by Crippen LogP contribution is -2.20. The number of aromatic nitrogens is 2. The maximum Gasteiger partial charge on any atom is 0.235 e. The smallest absolute Gasteiger partial charge is 0.235 e. The zero-order valence-corrected chi connectivity index (χ0v) is 19.1. The lowest BCUT2D eigenvalue weighted by molar-refractivity contribution is -0.118. The summed E-state index contributed by atoms with van der Waals surface area (Å²) in [5, 5.41) is 12.1. The predicted molar refractivity (Wildman–Crippen MR) is 131 cm³/mol. The Morgan fingerprint density at radius 2 is 1.79 bits per heavy atom. The number of benzene rings is 3. The number of para-hydroxylation sites is 1. The highest BCUT2D eigenvalue weighted by Crippen LogP contribution is 2.64. The summed E-state index contributed by atoms with van der Waals surface area (Å²) in [4.78, 5) is 15.0. The fraction of sp³-hybridized carbons (Fsp3) is 0.286. The second-order valence-corrected chi connectivity index (χ2v) is 9.76. The fourth-order valence-corrected chi connectivity index (χ4v) is 5.49. The van der Waals surface area contributed by atoms with E-state index >= 15 is 0 Å². The molecule has 6 rings (SSSR count). The molecule has 0 radical (unpaired) electrons. The summed E-state index contributed by atoms with van der Waals surface area (Å²) in [6.07, 6.45) is 2.73. The molecular formula is C28H28N4O. The number of nitrogens with one attached hydrogen (secondary N) is 2. The molecule has 166 valence electrons. The molecule has 1 aliphatic carbocycles. The Bertz CT molecular complexity index is 1350. The molecule has 4 aromatic rings. The second kappa shape index (κ2) is 7.56. The number of amides is 1. The third-order valence-corrected chi connectivity index (χ3v) is 7.26. The minimum absolute atomic E-state index is 0.135. The summed E-state index contributed by atoms with van der Waals surface area (Å²) in [5.41, 5.74) is 7.73. The average molecular weight is 437 g/mol. The number of anilines is 1. The van der Waals surface area contributed by atoms with Gasteiger partial charge in [0.1, 0.15) is 0 Å². The van der Waals surface area contributed by atoms with Crippen molar-refractivity contribution in [3.63, 3.8) is 0 Å². The number of rotatable bonds is 6. The molecule has 5 heteroatoms. The first-order chi connectivity index (χ1) is 16.0. The lowest BCUT2D eigenvalue weighted by atomic mass is 9.92. The standard InChI is InChI=1S/C28H28N4O/c1-32(2)17-19-9-7-18(8-10-19)11-14-24-21-13-12-20(15-26(21)31-30-24)23-16-28(23)22-5-3-4-6-25(22)29-27(28)33/h3-10,12-13,15,23H,11,14,16-17H2,1-2H3,(H,29,33)(H,30,31)/t23-,28-/m1/s1. The molecule has 3 aromatic carbocycles. The third kappa shape index (κ3) is 3.35. The van der Waals surface area contributed by atoms with Crippen LogP contribution in [0.4, 0.5) is 5.69 Å². The number of H-pyrrole nitrogens is 1. The van der Waals surface area contributed by atoms with Crippen LogP contribution in [-0.4, -0.2) is 35.1 Å². The lowest BCUT2D eigenvalue weighted by Gasteiger charge is -2.10. The SMILES string of the molecule is CN(C)Cc1ccc(CCc2n[nH]c3cc([C@H]4C[C@]45C(=O)Nc4ccccc45)ccc23)cc1. The van der Waals surface area contributed by atoms with Gasteiger partial charge in [-0.2, -0.15) is 5.10 Å².